The van der Waals surface area contributed by atoms with Crippen LogP contribution in [0.1, 0.15) is 0 Å². The van der Waals surface area contributed by atoms with Crippen molar-refractivity contribution >= 4 is 23.4 Å². The van der Waals surface area contributed by atoms with E-state index in [1.165, 1.54) is 4.90 Å². The highest BCUT2D eigenvalue weighted by Gasteiger charge is 2.71. The highest BCUT2D eigenvalue weighted by Crippen LogP contribution is 2.53. The molecule has 5 aliphatic heterocycles. The fourth-order valence-corrected chi connectivity index (χ4v) is 6.66. The maximum Gasteiger partial charge on any atom is 0.249 e. The van der Waals surface area contributed by atoms with Crippen LogP contribution < -0.4 is 4.90 Å². The summed E-state index contributed by atoms with van der Waals surface area (Å²) >= 11 is 0. The summed E-state index contributed by atoms with van der Waals surface area (Å²) in [5, 5.41) is 9.83. The van der Waals surface area contributed by atoms with Gasteiger partial charge in [-0.1, -0.05) is 42.5 Å². The number of carbonyl (C=O) groups is 3. The Bertz CT molecular complexity index is 1140. The molecule has 5 atom stereocenters. The summed E-state index contributed by atoms with van der Waals surface area (Å²) in [6.07, 6.45) is 6.87. The van der Waals surface area contributed by atoms with Crippen molar-refractivity contribution in [3.63, 3.8) is 0 Å². The third-order valence-electron chi connectivity index (χ3n) is 8.44. The number of para-hydroxylation sites is 1. The zero-order chi connectivity index (χ0) is 26.3. The molecule has 202 valence electrons. The lowest BCUT2D eigenvalue weighted by molar-refractivity contribution is -0.147. The van der Waals surface area contributed by atoms with Crippen LogP contribution in [0.5, 0.6) is 0 Å². The van der Waals surface area contributed by atoms with Crippen molar-refractivity contribution in [1.82, 2.24) is 14.7 Å². The molecular formula is C28H34N4O6. The molecule has 1 aromatic rings. The first-order valence-electron chi connectivity index (χ1n) is 13.4. The van der Waals surface area contributed by atoms with Gasteiger partial charge in [-0.05, 0) is 12.1 Å². The van der Waals surface area contributed by atoms with Crippen LogP contribution in [0.15, 0.2) is 54.6 Å². The topological polar surface area (TPSA) is 103 Å². The van der Waals surface area contributed by atoms with Gasteiger partial charge in [0.25, 0.3) is 0 Å². The minimum absolute atomic E-state index is 0.00576. The van der Waals surface area contributed by atoms with E-state index < -0.39 is 29.6 Å². The number of nitrogens with zero attached hydrogens (tertiary/aromatic N) is 4. The normalized spacial score (nSPS) is 33.3. The predicted octanol–water partition coefficient (Wildman–Crippen LogP) is -0.107. The van der Waals surface area contributed by atoms with E-state index in [0.717, 1.165) is 18.8 Å². The highest BCUT2D eigenvalue weighted by atomic mass is 16.5. The number of rotatable bonds is 6. The molecule has 5 heterocycles. The molecule has 0 bridgehead atoms. The predicted molar refractivity (Wildman–Crippen MR) is 138 cm³/mol. The minimum Gasteiger partial charge on any atom is -0.395 e. The molecule has 3 fully saturated rings. The van der Waals surface area contributed by atoms with E-state index in [4.69, 9.17) is 9.47 Å². The largest absolute Gasteiger partial charge is 0.395 e. The van der Waals surface area contributed by atoms with Crippen molar-refractivity contribution in [3.8, 4) is 0 Å². The number of benzene rings is 1. The van der Waals surface area contributed by atoms with Crippen LogP contribution in [0.25, 0.3) is 0 Å². The standard InChI is InChI=1S/C28H34N4O6/c33-17-14-32-24-27(36)30(13-12-29-15-18-37-19-16-29)10-5-9-28(24)23(26(32)35)22-21(38-28)8-4-11-31(25(22)34)20-6-2-1-3-7-20/h1-9,21-24,33H,10-19H2/t21-,22+,23+,24?,28+/m1/s1. The fraction of sp³-hybridized carbons (Fsp3) is 0.536. The smallest absolute Gasteiger partial charge is 0.249 e. The molecule has 1 spiro atoms. The summed E-state index contributed by atoms with van der Waals surface area (Å²) in [7, 11) is 0. The van der Waals surface area contributed by atoms with Crippen LogP contribution in [-0.2, 0) is 23.9 Å². The van der Waals surface area contributed by atoms with E-state index in [9.17, 15) is 19.5 Å². The molecule has 0 aromatic heterocycles. The SMILES string of the molecule is O=C1C2N(CCO)C(=O)[C@@H]3[C@H]4C(=O)N(c5ccccc5)CC=C[C@H]4O[C@]23C=CCN1CCN1CCOCC1. The monoisotopic (exact) mass is 522 g/mol. The van der Waals surface area contributed by atoms with Gasteiger partial charge < -0.3 is 29.3 Å². The number of aliphatic hydroxyl groups excluding tert-OH is 1. The van der Waals surface area contributed by atoms with Crippen molar-refractivity contribution in [2.24, 2.45) is 11.8 Å². The van der Waals surface area contributed by atoms with E-state index in [-0.39, 0.29) is 30.9 Å². The Labute approximate surface area is 222 Å². The van der Waals surface area contributed by atoms with Crippen molar-refractivity contribution in [2.75, 3.05) is 70.5 Å². The molecule has 0 aliphatic carbocycles. The molecule has 6 rings (SSSR count). The molecule has 0 radical (unpaired) electrons. The summed E-state index contributed by atoms with van der Waals surface area (Å²) in [6, 6.07) is 8.45. The van der Waals surface area contributed by atoms with E-state index in [0.29, 0.717) is 39.4 Å². The number of fused-ring (bicyclic) bond motifs is 2. The van der Waals surface area contributed by atoms with Crippen molar-refractivity contribution in [2.45, 2.75) is 17.7 Å². The number of hydrogen-bond donors (Lipinski definition) is 1. The van der Waals surface area contributed by atoms with Gasteiger partial charge in [-0.15, -0.1) is 0 Å². The second-order valence-electron chi connectivity index (χ2n) is 10.5. The number of anilines is 1. The van der Waals surface area contributed by atoms with E-state index >= 15 is 0 Å². The quantitative estimate of drug-likeness (QED) is 0.521. The van der Waals surface area contributed by atoms with Gasteiger partial charge in [-0.3, -0.25) is 19.3 Å². The highest BCUT2D eigenvalue weighted by molar-refractivity contribution is 6.03. The number of aliphatic hydroxyl groups is 1. The van der Waals surface area contributed by atoms with Gasteiger partial charge >= 0.3 is 0 Å². The Kier molecular flexibility index (Phi) is 6.81. The number of ether oxygens (including phenoxy) is 2. The van der Waals surface area contributed by atoms with Crippen molar-refractivity contribution in [1.29, 1.82) is 0 Å². The summed E-state index contributed by atoms with van der Waals surface area (Å²) in [6.45, 7) is 4.71. The number of amides is 3. The van der Waals surface area contributed by atoms with Crippen LogP contribution in [0.3, 0.4) is 0 Å². The Balaban J connectivity index is 1.32. The minimum atomic E-state index is -1.27. The number of morpholine rings is 1. The molecule has 10 heteroatoms. The average molecular weight is 523 g/mol. The van der Waals surface area contributed by atoms with Crippen molar-refractivity contribution < 1.29 is 29.0 Å². The first-order chi connectivity index (χ1) is 18.5. The Morgan fingerprint density at radius 1 is 0.921 bits per heavy atom. The van der Waals surface area contributed by atoms with Gasteiger partial charge in [0.2, 0.25) is 17.7 Å². The van der Waals surface area contributed by atoms with Gasteiger partial charge in [0.1, 0.15) is 11.6 Å². The molecule has 10 nitrogen and oxygen atoms in total. The summed E-state index contributed by atoms with van der Waals surface area (Å²) in [5.74, 6) is -2.35. The summed E-state index contributed by atoms with van der Waals surface area (Å²) in [5.41, 5.74) is -0.522. The first-order valence-corrected chi connectivity index (χ1v) is 13.4. The lowest BCUT2D eigenvalue weighted by atomic mass is 9.77. The molecule has 1 unspecified atom stereocenters. The van der Waals surface area contributed by atoms with Crippen LogP contribution in [0.2, 0.25) is 0 Å². The number of likely N-dealkylation sites (tertiary alicyclic amines) is 1. The fourth-order valence-electron chi connectivity index (χ4n) is 6.66. The van der Waals surface area contributed by atoms with Crippen molar-refractivity contribution in [3.05, 3.63) is 54.6 Å². The molecule has 0 saturated carbocycles. The average Bonchev–Trinajstić information content (AvgIpc) is 3.24. The molecule has 1 N–H and O–H groups in total. The molecule has 3 saturated heterocycles. The van der Waals surface area contributed by atoms with Gasteiger partial charge in [-0.25, -0.2) is 0 Å². The second-order valence-corrected chi connectivity index (χ2v) is 10.5. The third kappa shape index (κ3) is 4.07. The zero-order valence-corrected chi connectivity index (χ0v) is 21.4. The lowest BCUT2D eigenvalue weighted by Gasteiger charge is -2.36. The molecular weight excluding hydrogens is 488 g/mol. The van der Waals surface area contributed by atoms with E-state index in [1.54, 1.807) is 9.80 Å². The van der Waals surface area contributed by atoms with E-state index in [2.05, 4.69) is 4.90 Å². The zero-order valence-electron chi connectivity index (χ0n) is 21.4. The molecule has 38 heavy (non-hydrogen) atoms. The number of β-amino-alcohol motifs (C(OH)–C–C–N with tert-alkyl or cyclic N) is 1. The molecule has 3 amide bonds. The van der Waals surface area contributed by atoms with Gasteiger partial charge in [0.15, 0.2) is 0 Å². The summed E-state index contributed by atoms with van der Waals surface area (Å²) in [4.78, 5) is 49.2. The third-order valence-corrected chi connectivity index (χ3v) is 8.44. The maximum atomic E-state index is 14.1. The van der Waals surface area contributed by atoms with Crippen LogP contribution in [-0.4, -0.2) is 121 Å². The Morgan fingerprint density at radius 2 is 1.71 bits per heavy atom. The van der Waals surface area contributed by atoms with Crippen LogP contribution >= 0.6 is 0 Å². The number of hydrogen-bond acceptors (Lipinski definition) is 7. The second kappa shape index (κ2) is 10.3. The Morgan fingerprint density at radius 3 is 2.47 bits per heavy atom. The van der Waals surface area contributed by atoms with Gasteiger partial charge in [0.05, 0.1) is 37.8 Å². The van der Waals surface area contributed by atoms with Crippen LogP contribution in [0.4, 0.5) is 5.69 Å². The first kappa shape index (κ1) is 25.2. The van der Waals surface area contributed by atoms with Gasteiger partial charge in [-0.2, -0.15) is 0 Å². The maximum absolute atomic E-state index is 14.1. The van der Waals surface area contributed by atoms with Crippen LogP contribution in [0, 0.1) is 11.8 Å². The Hall–Kier alpha value is -3.05. The van der Waals surface area contributed by atoms with Gasteiger partial charge in [0, 0.05) is 51.5 Å². The molecule has 1 aromatic carbocycles. The van der Waals surface area contributed by atoms with E-state index in [1.807, 2.05) is 54.6 Å². The lowest BCUT2D eigenvalue weighted by Crippen LogP contribution is -2.56. The molecule has 5 aliphatic rings. The number of carbonyl (C=O) groups excluding carboxylic acids is 3. The summed E-state index contributed by atoms with van der Waals surface area (Å²) < 4.78 is 12.1.